The lowest BCUT2D eigenvalue weighted by molar-refractivity contribution is -0.154. The molecule has 0 bridgehead atoms. The minimum atomic E-state index is -0.527. The van der Waals surface area contributed by atoms with Crippen LogP contribution in [0.5, 0.6) is 0 Å². The van der Waals surface area contributed by atoms with Gasteiger partial charge < -0.3 is 14.6 Å². The van der Waals surface area contributed by atoms with Crippen molar-refractivity contribution in [1.82, 2.24) is 0 Å². The fourth-order valence-corrected chi connectivity index (χ4v) is 5.32. The fraction of sp³-hybridized carbons (Fsp3) is 0.919. The molecule has 0 aromatic heterocycles. The number of carbonyl (C=O) groups is 1. The lowest BCUT2D eigenvalue weighted by Crippen LogP contribution is -2.27. The van der Waals surface area contributed by atoms with Crippen LogP contribution in [0.3, 0.4) is 0 Å². The first-order valence-electron chi connectivity index (χ1n) is 18.3. The summed E-state index contributed by atoms with van der Waals surface area (Å²) in [5.74, 6) is -0.202. The minimum absolute atomic E-state index is 0.168. The molecule has 0 aliphatic carbocycles. The van der Waals surface area contributed by atoms with Gasteiger partial charge in [-0.3, -0.25) is 4.79 Å². The Morgan fingerprint density at radius 1 is 0.561 bits per heavy atom. The molecule has 0 aliphatic heterocycles. The average molecular weight is 581 g/mol. The van der Waals surface area contributed by atoms with Crippen LogP contribution in [-0.4, -0.2) is 37.0 Å². The maximum absolute atomic E-state index is 12.1. The molecule has 0 aromatic carbocycles. The summed E-state index contributed by atoms with van der Waals surface area (Å²) in [6.45, 7) is 5.34. The average Bonchev–Trinajstić information content (AvgIpc) is 2.98. The van der Waals surface area contributed by atoms with Crippen LogP contribution in [-0.2, 0) is 14.3 Å². The zero-order valence-corrected chi connectivity index (χ0v) is 27.8. The number of hydrogen-bond donors (Lipinski definition) is 1. The van der Waals surface area contributed by atoms with Gasteiger partial charge in [0, 0.05) is 13.0 Å². The van der Waals surface area contributed by atoms with E-state index in [9.17, 15) is 9.90 Å². The zero-order chi connectivity index (χ0) is 29.9. The van der Waals surface area contributed by atoms with Crippen LogP contribution in [0.4, 0.5) is 0 Å². The second-order valence-corrected chi connectivity index (χ2v) is 12.3. The van der Waals surface area contributed by atoms with Crippen molar-refractivity contribution in [2.24, 2.45) is 0 Å². The molecule has 1 N–H and O–H groups in total. The largest absolute Gasteiger partial charge is 0.457 e. The van der Waals surface area contributed by atoms with Crippen molar-refractivity contribution < 1.29 is 19.4 Å². The molecule has 4 nitrogen and oxygen atoms in total. The van der Waals surface area contributed by atoms with Crippen molar-refractivity contribution in [3.05, 3.63) is 12.2 Å². The molecule has 0 fully saturated rings. The van der Waals surface area contributed by atoms with Crippen molar-refractivity contribution >= 4 is 5.97 Å². The Morgan fingerprint density at radius 3 is 1.39 bits per heavy atom. The summed E-state index contributed by atoms with van der Waals surface area (Å²) in [6.07, 6.45) is 39.7. The number of aliphatic hydroxyl groups is 1. The summed E-state index contributed by atoms with van der Waals surface area (Å²) < 4.78 is 11.1. The van der Waals surface area contributed by atoms with E-state index in [4.69, 9.17) is 9.47 Å². The first kappa shape index (κ1) is 40.1. The van der Waals surface area contributed by atoms with E-state index in [-0.39, 0.29) is 12.6 Å². The number of ether oxygens (including phenoxy) is 2. The SMILES string of the molecule is CCCCCCCCC/C=C\CCCCCCCCCCOCC(CO)OC(=O)CCCCCCCCCCCC. The van der Waals surface area contributed by atoms with Gasteiger partial charge in [0.2, 0.25) is 0 Å². The Kier molecular flexibility index (Phi) is 34.6. The van der Waals surface area contributed by atoms with Gasteiger partial charge in [0.15, 0.2) is 0 Å². The first-order valence-corrected chi connectivity index (χ1v) is 18.3. The number of hydrogen-bond acceptors (Lipinski definition) is 4. The van der Waals surface area contributed by atoms with Gasteiger partial charge in [-0.05, 0) is 38.5 Å². The highest BCUT2D eigenvalue weighted by atomic mass is 16.6. The molecular formula is C37H72O4. The topological polar surface area (TPSA) is 55.8 Å². The van der Waals surface area contributed by atoms with Crippen molar-refractivity contribution in [2.45, 2.75) is 200 Å². The number of rotatable bonds is 34. The van der Waals surface area contributed by atoms with Gasteiger partial charge in [0.05, 0.1) is 13.2 Å². The van der Waals surface area contributed by atoms with Crippen LogP contribution in [0.2, 0.25) is 0 Å². The molecule has 1 unspecified atom stereocenters. The highest BCUT2D eigenvalue weighted by molar-refractivity contribution is 5.69. The molecule has 41 heavy (non-hydrogen) atoms. The third-order valence-corrected chi connectivity index (χ3v) is 8.09. The summed E-state index contributed by atoms with van der Waals surface area (Å²) >= 11 is 0. The summed E-state index contributed by atoms with van der Waals surface area (Å²) in [7, 11) is 0. The summed E-state index contributed by atoms with van der Waals surface area (Å²) in [5, 5.41) is 9.53. The third kappa shape index (κ3) is 33.5. The molecule has 0 saturated carbocycles. The van der Waals surface area contributed by atoms with Crippen molar-refractivity contribution in [3.8, 4) is 0 Å². The number of unbranched alkanes of at least 4 members (excludes halogenated alkanes) is 24. The molecule has 0 saturated heterocycles. The number of carbonyl (C=O) groups excluding carboxylic acids is 1. The van der Waals surface area contributed by atoms with Gasteiger partial charge in [-0.15, -0.1) is 0 Å². The predicted octanol–water partition coefficient (Wildman–Crippen LogP) is 11.4. The smallest absolute Gasteiger partial charge is 0.306 e. The molecule has 0 rings (SSSR count). The second-order valence-electron chi connectivity index (χ2n) is 12.3. The molecule has 0 aromatic rings. The van der Waals surface area contributed by atoms with E-state index in [2.05, 4.69) is 26.0 Å². The highest BCUT2D eigenvalue weighted by Crippen LogP contribution is 2.13. The van der Waals surface area contributed by atoms with Crippen LogP contribution in [0.1, 0.15) is 194 Å². The van der Waals surface area contributed by atoms with Gasteiger partial charge in [-0.2, -0.15) is 0 Å². The summed E-state index contributed by atoms with van der Waals surface area (Å²) in [6, 6.07) is 0. The van der Waals surface area contributed by atoms with E-state index in [1.165, 1.54) is 154 Å². The lowest BCUT2D eigenvalue weighted by atomic mass is 10.1. The first-order chi connectivity index (χ1) is 20.2. The number of allylic oxidation sites excluding steroid dienone is 2. The molecule has 0 amide bonds. The normalized spacial score (nSPS) is 12.4. The summed E-state index contributed by atoms with van der Waals surface area (Å²) in [5.41, 5.74) is 0. The van der Waals surface area contributed by atoms with Crippen LogP contribution in [0.25, 0.3) is 0 Å². The molecule has 0 radical (unpaired) electrons. The third-order valence-electron chi connectivity index (χ3n) is 8.09. The molecule has 0 aliphatic rings. The second kappa shape index (κ2) is 35.3. The monoisotopic (exact) mass is 581 g/mol. The van der Waals surface area contributed by atoms with Gasteiger partial charge in [0.1, 0.15) is 6.10 Å². The van der Waals surface area contributed by atoms with Crippen molar-refractivity contribution in [1.29, 1.82) is 0 Å². The van der Waals surface area contributed by atoms with E-state index in [0.717, 1.165) is 19.3 Å². The molecule has 4 heteroatoms. The Hall–Kier alpha value is -0.870. The molecule has 0 spiro atoms. The van der Waals surface area contributed by atoms with Crippen LogP contribution in [0.15, 0.2) is 12.2 Å². The molecule has 0 heterocycles. The maximum Gasteiger partial charge on any atom is 0.306 e. The van der Waals surface area contributed by atoms with E-state index in [0.29, 0.717) is 19.6 Å². The standard InChI is InChI=1S/C37H72O4/c1-3-5-7-9-11-13-15-16-17-18-19-20-21-22-23-25-27-29-31-33-40-35-36(34-38)41-37(39)32-30-28-26-24-14-12-10-8-6-4-2/h17-18,36,38H,3-16,19-35H2,1-2H3/b18-17-. The van der Waals surface area contributed by atoms with E-state index < -0.39 is 6.10 Å². The Morgan fingerprint density at radius 2 is 0.951 bits per heavy atom. The highest BCUT2D eigenvalue weighted by Gasteiger charge is 2.13. The molecule has 1 atom stereocenters. The summed E-state index contributed by atoms with van der Waals surface area (Å²) in [4.78, 5) is 12.1. The number of aliphatic hydroxyl groups excluding tert-OH is 1. The van der Waals surface area contributed by atoms with Crippen molar-refractivity contribution in [2.75, 3.05) is 19.8 Å². The van der Waals surface area contributed by atoms with Gasteiger partial charge in [-0.1, -0.05) is 161 Å². The molecular weight excluding hydrogens is 508 g/mol. The fourth-order valence-electron chi connectivity index (χ4n) is 5.32. The Bertz CT molecular complexity index is 533. The lowest BCUT2D eigenvalue weighted by Gasteiger charge is -2.16. The van der Waals surface area contributed by atoms with E-state index in [1.807, 2.05) is 0 Å². The van der Waals surface area contributed by atoms with Gasteiger partial charge >= 0.3 is 5.97 Å². The molecule has 244 valence electrons. The number of esters is 1. The van der Waals surface area contributed by atoms with E-state index in [1.54, 1.807) is 0 Å². The van der Waals surface area contributed by atoms with E-state index >= 15 is 0 Å². The Balaban J connectivity index is 3.39. The van der Waals surface area contributed by atoms with Crippen LogP contribution >= 0.6 is 0 Å². The van der Waals surface area contributed by atoms with Crippen molar-refractivity contribution in [3.63, 3.8) is 0 Å². The predicted molar refractivity (Wildman–Crippen MR) is 178 cm³/mol. The Labute approximate surface area is 256 Å². The van der Waals surface area contributed by atoms with Crippen LogP contribution < -0.4 is 0 Å². The minimum Gasteiger partial charge on any atom is -0.457 e. The zero-order valence-electron chi connectivity index (χ0n) is 27.8. The van der Waals surface area contributed by atoms with Gasteiger partial charge in [-0.25, -0.2) is 0 Å². The van der Waals surface area contributed by atoms with Crippen LogP contribution in [0, 0.1) is 0 Å². The quantitative estimate of drug-likeness (QED) is 0.0467. The maximum atomic E-state index is 12.1. The van der Waals surface area contributed by atoms with Gasteiger partial charge in [0.25, 0.3) is 0 Å².